The Kier molecular flexibility index (Phi) is 6.64. The van der Waals surface area contributed by atoms with E-state index in [1.807, 2.05) is 45.3 Å². The molecule has 2 fully saturated rings. The molecule has 0 unspecified atom stereocenters. The van der Waals surface area contributed by atoms with Crippen molar-refractivity contribution in [1.29, 1.82) is 0 Å². The highest BCUT2D eigenvalue weighted by atomic mass is 16.6. The van der Waals surface area contributed by atoms with Gasteiger partial charge in [0, 0.05) is 29.0 Å². The minimum absolute atomic E-state index is 0.114. The van der Waals surface area contributed by atoms with Gasteiger partial charge in [-0.2, -0.15) is 0 Å². The molecule has 0 spiro atoms. The van der Waals surface area contributed by atoms with Crippen molar-refractivity contribution in [2.75, 3.05) is 6.54 Å². The number of nitrogens with zero attached hydrogens (tertiary/aromatic N) is 3. The minimum atomic E-state index is -0.530. The fraction of sp³-hybridized carbons (Fsp3) is 0.382. The molecule has 1 amide bonds. The Labute approximate surface area is 245 Å². The molecule has 2 aromatic carbocycles. The van der Waals surface area contributed by atoms with Crippen molar-refractivity contribution in [3.63, 3.8) is 0 Å². The van der Waals surface area contributed by atoms with Crippen LogP contribution >= 0.6 is 0 Å². The summed E-state index contributed by atoms with van der Waals surface area (Å²) in [7, 11) is 0. The summed E-state index contributed by atoms with van der Waals surface area (Å²) < 4.78 is 11.9. The number of furan rings is 1. The number of rotatable bonds is 5. The minimum Gasteiger partial charge on any atom is -0.456 e. The summed E-state index contributed by atoms with van der Waals surface area (Å²) >= 11 is 0. The van der Waals surface area contributed by atoms with E-state index in [2.05, 4.69) is 56.3 Å². The molecule has 0 bridgehead atoms. The van der Waals surface area contributed by atoms with Crippen LogP contribution in [0.5, 0.6) is 0 Å². The van der Waals surface area contributed by atoms with Crippen LogP contribution in [-0.2, 0) is 4.74 Å². The van der Waals surface area contributed by atoms with Crippen LogP contribution in [0.4, 0.5) is 4.79 Å². The maximum absolute atomic E-state index is 12.8. The molecule has 7 rings (SSSR count). The lowest BCUT2D eigenvalue weighted by Gasteiger charge is -2.27. The number of aromatic amines is 2. The van der Waals surface area contributed by atoms with Gasteiger partial charge in [-0.05, 0) is 76.3 Å². The Bertz CT molecular complexity index is 1720. The van der Waals surface area contributed by atoms with Crippen LogP contribution in [-0.4, -0.2) is 43.1 Å². The van der Waals surface area contributed by atoms with Crippen molar-refractivity contribution in [2.45, 2.75) is 76.9 Å². The summed E-state index contributed by atoms with van der Waals surface area (Å²) in [6, 6.07) is 16.6. The van der Waals surface area contributed by atoms with Crippen LogP contribution in [0.2, 0.25) is 0 Å². The molecule has 1 aliphatic carbocycles. The summed E-state index contributed by atoms with van der Waals surface area (Å²) in [5, 5.41) is 1.02. The summed E-state index contributed by atoms with van der Waals surface area (Å²) in [5.74, 6) is 3.30. The van der Waals surface area contributed by atoms with Gasteiger partial charge in [-0.15, -0.1) is 0 Å². The zero-order valence-corrected chi connectivity index (χ0v) is 24.4. The monoisotopic (exact) mass is 563 g/mol. The number of imidazole rings is 2. The Morgan fingerprint density at radius 1 is 0.857 bits per heavy atom. The molecule has 3 aromatic heterocycles. The summed E-state index contributed by atoms with van der Waals surface area (Å²) in [6.07, 6.45) is 10.3. The van der Waals surface area contributed by atoms with Crippen molar-refractivity contribution in [2.24, 2.45) is 0 Å². The highest BCUT2D eigenvalue weighted by molar-refractivity contribution is 5.87. The van der Waals surface area contributed by atoms with Crippen LogP contribution in [0, 0.1) is 0 Å². The zero-order valence-electron chi connectivity index (χ0n) is 24.4. The number of nitrogens with one attached hydrogen (secondary N) is 2. The molecule has 216 valence electrons. The number of benzene rings is 2. The quantitative estimate of drug-likeness (QED) is 0.223. The van der Waals surface area contributed by atoms with E-state index in [4.69, 9.17) is 9.15 Å². The molecule has 8 heteroatoms. The number of likely N-dealkylation sites (tertiary alicyclic amines) is 1. The van der Waals surface area contributed by atoms with Gasteiger partial charge in [0.05, 0.1) is 29.8 Å². The number of fused-ring (bicyclic) bond motifs is 1. The normalized spacial score (nSPS) is 17.9. The molecular weight excluding hydrogens is 526 g/mol. The lowest BCUT2D eigenvalue weighted by atomic mass is 10.1. The number of hydrogen-bond acceptors (Lipinski definition) is 5. The molecule has 2 aliphatic rings. The maximum Gasteiger partial charge on any atom is 0.410 e. The third-order valence-corrected chi connectivity index (χ3v) is 8.44. The Morgan fingerprint density at radius 3 is 2.29 bits per heavy atom. The smallest absolute Gasteiger partial charge is 0.410 e. The van der Waals surface area contributed by atoms with Crippen molar-refractivity contribution < 1.29 is 13.9 Å². The van der Waals surface area contributed by atoms with Crippen molar-refractivity contribution >= 4 is 17.1 Å². The first-order chi connectivity index (χ1) is 20.3. The fourth-order valence-corrected chi connectivity index (χ4v) is 6.30. The number of carbonyl (C=O) groups excluding carboxylic acids is 1. The first-order valence-corrected chi connectivity index (χ1v) is 15.0. The number of ether oxygens (including phenoxy) is 1. The predicted molar refractivity (Wildman–Crippen MR) is 163 cm³/mol. The van der Waals surface area contributed by atoms with E-state index in [1.165, 1.54) is 25.7 Å². The molecule has 42 heavy (non-hydrogen) atoms. The molecule has 5 aromatic rings. The fourth-order valence-electron chi connectivity index (χ4n) is 6.30. The summed E-state index contributed by atoms with van der Waals surface area (Å²) in [6.45, 7) is 6.34. The third-order valence-electron chi connectivity index (χ3n) is 8.44. The summed E-state index contributed by atoms with van der Waals surface area (Å²) in [4.78, 5) is 30.9. The second-order valence-electron chi connectivity index (χ2n) is 12.6. The topological polar surface area (TPSA) is 100 Å². The molecule has 1 saturated carbocycles. The van der Waals surface area contributed by atoms with Gasteiger partial charge in [0.2, 0.25) is 0 Å². The van der Waals surface area contributed by atoms with Gasteiger partial charge in [0.1, 0.15) is 28.6 Å². The number of hydrogen-bond donors (Lipinski definition) is 2. The Balaban J connectivity index is 1.08. The molecule has 1 saturated heterocycles. The van der Waals surface area contributed by atoms with E-state index in [9.17, 15) is 4.79 Å². The first-order valence-electron chi connectivity index (χ1n) is 15.0. The highest BCUT2D eigenvalue weighted by Gasteiger charge is 2.35. The van der Waals surface area contributed by atoms with Crippen molar-refractivity contribution in [3.05, 3.63) is 72.6 Å². The number of aromatic nitrogens is 4. The molecule has 0 radical (unpaired) electrons. The van der Waals surface area contributed by atoms with E-state index < -0.39 is 5.60 Å². The Hall–Kier alpha value is -4.33. The standard InChI is InChI=1S/C34H37N5O3/c1-34(2,3)42-33(40)39-16-6-9-28(39)32-36-20-27(38-32)24-14-15-29-25(17-24)18-30(41-29)22-12-10-21(11-13-22)26-19-35-31(37-26)23-7-4-5-8-23/h10-15,17-20,23,28H,4-9,16H2,1-3H3,(H,35,37)(H,36,38)/t28-/m1/s1. The van der Waals surface area contributed by atoms with Crippen LogP contribution in [0.15, 0.2) is 65.3 Å². The third kappa shape index (κ3) is 5.22. The van der Waals surface area contributed by atoms with Crippen LogP contribution < -0.4 is 0 Å². The van der Waals surface area contributed by atoms with Crippen molar-refractivity contribution in [1.82, 2.24) is 24.8 Å². The van der Waals surface area contributed by atoms with E-state index in [0.717, 1.165) is 69.3 Å². The zero-order chi connectivity index (χ0) is 28.8. The SMILES string of the molecule is CC(C)(C)OC(=O)N1CCC[C@@H]1c1ncc(-c2ccc3oc(-c4ccc(-c5cnc(C6CCCC6)[nH]5)cc4)cc3c2)[nH]1. The number of carbonyl (C=O) groups is 1. The molecule has 1 atom stereocenters. The van der Waals surface area contributed by atoms with E-state index in [-0.39, 0.29) is 12.1 Å². The second-order valence-corrected chi connectivity index (χ2v) is 12.6. The highest BCUT2D eigenvalue weighted by Crippen LogP contribution is 2.36. The van der Waals surface area contributed by atoms with E-state index >= 15 is 0 Å². The molecule has 2 N–H and O–H groups in total. The first kappa shape index (κ1) is 26.6. The van der Waals surface area contributed by atoms with E-state index in [1.54, 1.807) is 4.90 Å². The average molecular weight is 564 g/mol. The molecule has 8 nitrogen and oxygen atoms in total. The molecule has 4 heterocycles. The average Bonchev–Trinajstić information content (AvgIpc) is 3.79. The largest absolute Gasteiger partial charge is 0.456 e. The van der Waals surface area contributed by atoms with Gasteiger partial charge in [0.25, 0.3) is 0 Å². The van der Waals surface area contributed by atoms with Crippen LogP contribution in [0.25, 0.3) is 44.8 Å². The number of amides is 1. The van der Waals surface area contributed by atoms with Gasteiger partial charge in [-0.3, -0.25) is 4.90 Å². The lowest BCUT2D eigenvalue weighted by Crippen LogP contribution is -2.36. The maximum atomic E-state index is 12.8. The van der Waals surface area contributed by atoms with Crippen LogP contribution in [0.1, 0.15) is 82.9 Å². The van der Waals surface area contributed by atoms with Gasteiger partial charge >= 0.3 is 6.09 Å². The molecular formula is C34H37N5O3. The lowest BCUT2D eigenvalue weighted by molar-refractivity contribution is 0.0218. The summed E-state index contributed by atoms with van der Waals surface area (Å²) in [5.41, 5.74) is 5.44. The van der Waals surface area contributed by atoms with Gasteiger partial charge < -0.3 is 19.1 Å². The predicted octanol–water partition coefficient (Wildman–Crippen LogP) is 8.61. The van der Waals surface area contributed by atoms with E-state index in [0.29, 0.717) is 12.5 Å². The number of H-pyrrole nitrogens is 2. The van der Waals surface area contributed by atoms with Crippen LogP contribution in [0.3, 0.4) is 0 Å². The van der Waals surface area contributed by atoms with Gasteiger partial charge in [0.15, 0.2) is 0 Å². The Morgan fingerprint density at radius 2 is 1.52 bits per heavy atom. The van der Waals surface area contributed by atoms with Gasteiger partial charge in [-0.1, -0.05) is 37.1 Å². The molecule has 1 aliphatic heterocycles. The van der Waals surface area contributed by atoms with Gasteiger partial charge in [-0.25, -0.2) is 14.8 Å². The van der Waals surface area contributed by atoms with Crippen molar-refractivity contribution in [3.8, 4) is 33.8 Å². The second kappa shape index (κ2) is 10.5.